The molecule has 0 spiro atoms. The molecule has 0 saturated heterocycles. The van der Waals surface area contributed by atoms with Gasteiger partial charge in [0, 0.05) is 11.1 Å². The molecule has 1 atom stereocenters. The second-order valence-electron chi connectivity index (χ2n) is 3.94. The van der Waals surface area contributed by atoms with Crippen LogP contribution in [0.1, 0.15) is 32.3 Å². The minimum Gasteiger partial charge on any atom is -0.315 e. The Kier molecular flexibility index (Phi) is 5.74. The normalized spacial score (nSPS) is 12.7. The number of aryl methyl sites for hydroxylation is 1. The molecule has 1 aromatic rings. The monoisotopic (exact) mass is 225 g/mol. The van der Waals surface area contributed by atoms with Gasteiger partial charge in [0.15, 0.2) is 0 Å². The standard InChI is InChI=1S/C13H20ClN/c1-3-15-11(2)7-6-9-12-8-4-5-10-13(12)14/h4-5,8,10-11,15H,3,6-7,9H2,1-2H3. The van der Waals surface area contributed by atoms with E-state index in [1.807, 2.05) is 12.1 Å². The van der Waals surface area contributed by atoms with Crippen molar-refractivity contribution in [3.05, 3.63) is 34.9 Å². The fraction of sp³-hybridized carbons (Fsp3) is 0.538. The molecule has 0 saturated carbocycles. The van der Waals surface area contributed by atoms with E-state index in [1.54, 1.807) is 0 Å². The zero-order valence-corrected chi connectivity index (χ0v) is 10.3. The lowest BCUT2D eigenvalue weighted by Crippen LogP contribution is -2.25. The maximum absolute atomic E-state index is 6.09. The van der Waals surface area contributed by atoms with Crippen LogP contribution in [-0.2, 0) is 6.42 Å². The molecule has 84 valence electrons. The van der Waals surface area contributed by atoms with Gasteiger partial charge in [-0.2, -0.15) is 0 Å². The summed E-state index contributed by atoms with van der Waals surface area (Å²) in [6.07, 6.45) is 3.48. The van der Waals surface area contributed by atoms with E-state index in [0.29, 0.717) is 6.04 Å². The van der Waals surface area contributed by atoms with Crippen LogP contribution in [0.4, 0.5) is 0 Å². The molecular weight excluding hydrogens is 206 g/mol. The zero-order chi connectivity index (χ0) is 11.1. The van der Waals surface area contributed by atoms with Crippen molar-refractivity contribution in [1.29, 1.82) is 0 Å². The molecule has 0 fully saturated rings. The van der Waals surface area contributed by atoms with Crippen molar-refractivity contribution in [2.24, 2.45) is 0 Å². The van der Waals surface area contributed by atoms with Crippen molar-refractivity contribution >= 4 is 11.6 Å². The first-order valence-corrected chi connectivity index (χ1v) is 6.08. The van der Waals surface area contributed by atoms with E-state index in [2.05, 4.69) is 31.3 Å². The van der Waals surface area contributed by atoms with Crippen LogP contribution in [0.25, 0.3) is 0 Å². The van der Waals surface area contributed by atoms with E-state index in [1.165, 1.54) is 18.4 Å². The largest absolute Gasteiger partial charge is 0.315 e. The van der Waals surface area contributed by atoms with Crippen LogP contribution in [0.3, 0.4) is 0 Å². The maximum atomic E-state index is 6.09. The highest BCUT2D eigenvalue weighted by Gasteiger charge is 2.02. The highest BCUT2D eigenvalue weighted by molar-refractivity contribution is 6.31. The summed E-state index contributed by atoms with van der Waals surface area (Å²) in [5.41, 5.74) is 1.27. The Morgan fingerprint density at radius 3 is 2.73 bits per heavy atom. The van der Waals surface area contributed by atoms with Crippen LogP contribution < -0.4 is 5.32 Å². The SMILES string of the molecule is CCNC(C)CCCc1ccccc1Cl. The Bertz CT molecular complexity index is 286. The van der Waals surface area contributed by atoms with Crippen molar-refractivity contribution in [3.63, 3.8) is 0 Å². The van der Waals surface area contributed by atoms with E-state index < -0.39 is 0 Å². The fourth-order valence-corrected chi connectivity index (χ4v) is 1.98. The van der Waals surface area contributed by atoms with Crippen molar-refractivity contribution in [3.8, 4) is 0 Å². The summed E-state index contributed by atoms with van der Waals surface area (Å²) in [6, 6.07) is 8.71. The van der Waals surface area contributed by atoms with Crippen LogP contribution in [0.5, 0.6) is 0 Å². The average Bonchev–Trinajstić information content (AvgIpc) is 2.21. The minimum absolute atomic E-state index is 0.609. The van der Waals surface area contributed by atoms with E-state index in [0.717, 1.165) is 18.0 Å². The number of halogens is 1. The quantitative estimate of drug-likeness (QED) is 0.779. The van der Waals surface area contributed by atoms with E-state index in [9.17, 15) is 0 Å². The van der Waals surface area contributed by atoms with Crippen LogP contribution in [0.2, 0.25) is 5.02 Å². The minimum atomic E-state index is 0.609. The Morgan fingerprint density at radius 1 is 1.33 bits per heavy atom. The number of nitrogens with one attached hydrogen (secondary N) is 1. The Hall–Kier alpha value is -0.530. The molecule has 0 aliphatic rings. The molecule has 1 unspecified atom stereocenters. The van der Waals surface area contributed by atoms with Crippen LogP contribution in [0.15, 0.2) is 24.3 Å². The lowest BCUT2D eigenvalue weighted by molar-refractivity contribution is 0.512. The summed E-state index contributed by atoms with van der Waals surface area (Å²) in [6.45, 7) is 5.42. The Balaban J connectivity index is 2.29. The van der Waals surface area contributed by atoms with Gasteiger partial charge in [0.1, 0.15) is 0 Å². The number of rotatable bonds is 6. The second-order valence-corrected chi connectivity index (χ2v) is 4.35. The Morgan fingerprint density at radius 2 is 2.07 bits per heavy atom. The van der Waals surface area contributed by atoms with Gasteiger partial charge in [-0.15, -0.1) is 0 Å². The molecule has 15 heavy (non-hydrogen) atoms. The lowest BCUT2D eigenvalue weighted by Gasteiger charge is -2.11. The van der Waals surface area contributed by atoms with Gasteiger partial charge >= 0.3 is 0 Å². The third-order valence-electron chi connectivity index (χ3n) is 2.59. The summed E-state index contributed by atoms with van der Waals surface area (Å²) in [5.74, 6) is 0. The highest BCUT2D eigenvalue weighted by Crippen LogP contribution is 2.17. The molecule has 0 aliphatic heterocycles. The van der Waals surface area contributed by atoms with Crippen LogP contribution in [0, 0.1) is 0 Å². The van der Waals surface area contributed by atoms with Crippen LogP contribution in [-0.4, -0.2) is 12.6 Å². The topological polar surface area (TPSA) is 12.0 Å². The van der Waals surface area contributed by atoms with E-state index in [-0.39, 0.29) is 0 Å². The van der Waals surface area contributed by atoms with Crippen LogP contribution >= 0.6 is 11.6 Å². The number of hydrogen-bond donors (Lipinski definition) is 1. The third-order valence-corrected chi connectivity index (χ3v) is 2.96. The van der Waals surface area contributed by atoms with Crippen molar-refractivity contribution < 1.29 is 0 Å². The first-order valence-electron chi connectivity index (χ1n) is 5.70. The lowest BCUT2D eigenvalue weighted by atomic mass is 10.1. The van der Waals surface area contributed by atoms with Gasteiger partial charge in [-0.3, -0.25) is 0 Å². The molecule has 1 N–H and O–H groups in total. The fourth-order valence-electron chi connectivity index (χ4n) is 1.75. The molecule has 2 heteroatoms. The zero-order valence-electron chi connectivity index (χ0n) is 9.59. The van der Waals surface area contributed by atoms with Gasteiger partial charge in [-0.1, -0.05) is 36.7 Å². The van der Waals surface area contributed by atoms with E-state index in [4.69, 9.17) is 11.6 Å². The molecule has 0 radical (unpaired) electrons. The number of benzene rings is 1. The predicted octanol–water partition coefficient (Wildman–Crippen LogP) is 3.66. The van der Waals surface area contributed by atoms with Gasteiger partial charge in [0.25, 0.3) is 0 Å². The molecule has 0 bridgehead atoms. The van der Waals surface area contributed by atoms with Gasteiger partial charge < -0.3 is 5.32 Å². The summed E-state index contributed by atoms with van der Waals surface area (Å²) >= 11 is 6.09. The molecule has 0 amide bonds. The Labute approximate surface area is 97.8 Å². The highest BCUT2D eigenvalue weighted by atomic mass is 35.5. The van der Waals surface area contributed by atoms with Crippen molar-refractivity contribution in [1.82, 2.24) is 5.32 Å². The molecule has 0 aliphatic carbocycles. The van der Waals surface area contributed by atoms with Crippen molar-refractivity contribution in [2.45, 2.75) is 39.2 Å². The second kappa shape index (κ2) is 6.86. The molecule has 1 aromatic carbocycles. The van der Waals surface area contributed by atoms with Gasteiger partial charge in [0.05, 0.1) is 0 Å². The summed E-state index contributed by atoms with van der Waals surface area (Å²) in [7, 11) is 0. The van der Waals surface area contributed by atoms with Crippen molar-refractivity contribution in [2.75, 3.05) is 6.54 Å². The number of hydrogen-bond acceptors (Lipinski definition) is 1. The predicted molar refractivity (Wildman–Crippen MR) is 67.5 cm³/mol. The smallest absolute Gasteiger partial charge is 0.0437 e. The van der Waals surface area contributed by atoms with Gasteiger partial charge in [-0.05, 0) is 44.4 Å². The molecule has 1 rings (SSSR count). The third kappa shape index (κ3) is 4.67. The summed E-state index contributed by atoms with van der Waals surface area (Å²) < 4.78 is 0. The molecule has 1 nitrogen and oxygen atoms in total. The summed E-state index contributed by atoms with van der Waals surface area (Å²) in [5, 5.41) is 4.31. The maximum Gasteiger partial charge on any atom is 0.0437 e. The summed E-state index contributed by atoms with van der Waals surface area (Å²) in [4.78, 5) is 0. The van der Waals surface area contributed by atoms with Gasteiger partial charge in [-0.25, -0.2) is 0 Å². The molecule has 0 heterocycles. The van der Waals surface area contributed by atoms with Gasteiger partial charge in [0.2, 0.25) is 0 Å². The average molecular weight is 226 g/mol. The first kappa shape index (κ1) is 12.5. The molecular formula is C13H20ClN. The first-order chi connectivity index (χ1) is 7.24. The van der Waals surface area contributed by atoms with E-state index >= 15 is 0 Å². The molecule has 0 aromatic heterocycles.